The molecule has 3 rings (SSSR count). The van der Waals surface area contributed by atoms with E-state index in [2.05, 4.69) is 15.2 Å². The van der Waals surface area contributed by atoms with Gasteiger partial charge in [-0.2, -0.15) is 0 Å². The fourth-order valence-corrected chi connectivity index (χ4v) is 2.44. The predicted molar refractivity (Wildman–Crippen MR) is 84.8 cm³/mol. The van der Waals surface area contributed by atoms with Gasteiger partial charge < -0.3 is 13.9 Å². The van der Waals surface area contributed by atoms with Crippen molar-refractivity contribution in [2.24, 2.45) is 7.05 Å². The summed E-state index contributed by atoms with van der Waals surface area (Å²) in [4.78, 5) is 18.5. The van der Waals surface area contributed by atoms with Crippen LogP contribution in [-0.4, -0.2) is 37.6 Å². The zero-order chi connectivity index (χ0) is 16.4. The van der Waals surface area contributed by atoms with Gasteiger partial charge in [0.2, 0.25) is 5.89 Å². The van der Waals surface area contributed by atoms with Crippen molar-refractivity contribution in [3.63, 3.8) is 0 Å². The molecule has 7 nitrogen and oxygen atoms in total. The van der Waals surface area contributed by atoms with Gasteiger partial charge in [-0.15, -0.1) is 10.2 Å². The minimum absolute atomic E-state index is 0.0229. The Morgan fingerprint density at radius 3 is 2.83 bits per heavy atom. The Bertz CT molecular complexity index is 836. The Balaban J connectivity index is 1.77. The molecule has 120 valence electrons. The molecular weight excluding hydrogens is 294 g/mol. The second-order valence-electron chi connectivity index (χ2n) is 5.49. The molecule has 0 N–H and O–H groups in total. The van der Waals surface area contributed by atoms with Crippen LogP contribution in [0.2, 0.25) is 0 Å². The number of benzene rings is 1. The molecule has 0 atom stereocenters. The van der Waals surface area contributed by atoms with Crippen LogP contribution in [0.15, 0.2) is 28.7 Å². The number of hydrogen-bond donors (Lipinski definition) is 0. The molecule has 0 unspecified atom stereocenters. The van der Waals surface area contributed by atoms with Gasteiger partial charge in [0.05, 0.1) is 17.6 Å². The average Bonchev–Trinajstić information content (AvgIpc) is 3.13. The van der Waals surface area contributed by atoms with Crippen LogP contribution in [0.3, 0.4) is 0 Å². The zero-order valence-corrected chi connectivity index (χ0v) is 13.5. The number of hydrogen-bond acceptors (Lipinski definition) is 5. The van der Waals surface area contributed by atoms with E-state index in [1.807, 2.05) is 42.8 Å². The molecule has 0 fully saturated rings. The standard InChI is InChI=1S/C16H19N5O2/c1-4-7-14-18-19-15(23-14)16(22)20(2)10-13-17-11-8-5-6-9-12(11)21(13)3/h5-6,8-9H,4,7,10H2,1-3H3. The maximum atomic E-state index is 12.4. The smallest absolute Gasteiger partial charge is 0.311 e. The SMILES string of the molecule is CCCc1nnc(C(=O)N(C)Cc2nc3ccccc3n2C)o1. The number of fused-ring (bicyclic) bond motifs is 1. The van der Waals surface area contributed by atoms with Gasteiger partial charge in [0.15, 0.2) is 0 Å². The lowest BCUT2D eigenvalue weighted by Gasteiger charge is -2.14. The number of amides is 1. The van der Waals surface area contributed by atoms with Crippen molar-refractivity contribution in [3.8, 4) is 0 Å². The lowest BCUT2D eigenvalue weighted by atomic mass is 10.3. The number of carbonyl (C=O) groups is 1. The second kappa shape index (κ2) is 6.20. The van der Waals surface area contributed by atoms with E-state index in [4.69, 9.17) is 4.42 Å². The molecule has 23 heavy (non-hydrogen) atoms. The third-order valence-corrected chi connectivity index (χ3v) is 3.72. The van der Waals surface area contributed by atoms with Crippen LogP contribution in [0.1, 0.15) is 35.7 Å². The molecule has 0 aliphatic carbocycles. The monoisotopic (exact) mass is 313 g/mol. The molecule has 0 aliphatic heterocycles. The highest BCUT2D eigenvalue weighted by Gasteiger charge is 2.21. The number of nitrogens with zero attached hydrogens (tertiary/aromatic N) is 5. The molecule has 7 heteroatoms. The Morgan fingerprint density at radius 1 is 1.30 bits per heavy atom. The highest BCUT2D eigenvalue weighted by molar-refractivity contribution is 5.89. The van der Waals surface area contributed by atoms with Crippen molar-refractivity contribution in [3.05, 3.63) is 41.9 Å². The first-order chi connectivity index (χ1) is 11.1. The van der Waals surface area contributed by atoms with Crippen molar-refractivity contribution in [2.75, 3.05) is 7.05 Å². The van der Waals surface area contributed by atoms with Crippen LogP contribution in [0, 0.1) is 0 Å². The Morgan fingerprint density at radius 2 is 2.09 bits per heavy atom. The number of para-hydroxylation sites is 2. The first-order valence-electron chi connectivity index (χ1n) is 7.58. The van der Waals surface area contributed by atoms with Gasteiger partial charge in [0.25, 0.3) is 0 Å². The fraction of sp³-hybridized carbons (Fsp3) is 0.375. The molecule has 3 aromatic rings. The van der Waals surface area contributed by atoms with E-state index in [1.165, 1.54) is 4.90 Å². The summed E-state index contributed by atoms with van der Waals surface area (Å²) >= 11 is 0. The van der Waals surface area contributed by atoms with Crippen LogP contribution >= 0.6 is 0 Å². The first kappa shape index (κ1) is 15.2. The van der Waals surface area contributed by atoms with Gasteiger partial charge in [-0.1, -0.05) is 19.1 Å². The molecule has 0 saturated heterocycles. The maximum Gasteiger partial charge on any atom is 0.311 e. The number of aromatic nitrogens is 4. The number of rotatable bonds is 5. The first-order valence-corrected chi connectivity index (χ1v) is 7.58. The average molecular weight is 313 g/mol. The number of aryl methyl sites for hydroxylation is 2. The van der Waals surface area contributed by atoms with Gasteiger partial charge >= 0.3 is 11.8 Å². The van der Waals surface area contributed by atoms with E-state index >= 15 is 0 Å². The van der Waals surface area contributed by atoms with E-state index < -0.39 is 0 Å². The summed E-state index contributed by atoms with van der Waals surface area (Å²) < 4.78 is 7.37. The van der Waals surface area contributed by atoms with E-state index in [1.54, 1.807) is 7.05 Å². The molecular formula is C16H19N5O2. The van der Waals surface area contributed by atoms with Crippen molar-refractivity contribution in [2.45, 2.75) is 26.3 Å². The lowest BCUT2D eigenvalue weighted by molar-refractivity contribution is 0.0739. The van der Waals surface area contributed by atoms with E-state index in [9.17, 15) is 4.79 Å². The quantitative estimate of drug-likeness (QED) is 0.721. The highest BCUT2D eigenvalue weighted by atomic mass is 16.4. The summed E-state index contributed by atoms with van der Waals surface area (Å²) in [7, 11) is 3.64. The molecule has 2 heterocycles. The van der Waals surface area contributed by atoms with Crippen molar-refractivity contribution in [1.82, 2.24) is 24.6 Å². The summed E-state index contributed by atoms with van der Waals surface area (Å²) in [5, 5.41) is 7.71. The maximum absolute atomic E-state index is 12.4. The second-order valence-corrected chi connectivity index (χ2v) is 5.49. The Kier molecular flexibility index (Phi) is 4.10. The van der Waals surface area contributed by atoms with Gasteiger partial charge in [0, 0.05) is 20.5 Å². The molecule has 1 aromatic carbocycles. The fourth-order valence-electron chi connectivity index (χ4n) is 2.44. The van der Waals surface area contributed by atoms with E-state index in [0.29, 0.717) is 18.9 Å². The predicted octanol–water partition coefficient (Wildman–Crippen LogP) is 2.18. The van der Waals surface area contributed by atoms with Crippen molar-refractivity contribution < 1.29 is 9.21 Å². The van der Waals surface area contributed by atoms with Crippen molar-refractivity contribution in [1.29, 1.82) is 0 Å². The molecule has 0 aliphatic rings. The summed E-state index contributed by atoms with van der Waals surface area (Å²) in [6, 6.07) is 7.87. The third kappa shape index (κ3) is 2.94. The summed E-state index contributed by atoms with van der Waals surface area (Å²) in [6.07, 6.45) is 1.57. The van der Waals surface area contributed by atoms with E-state index in [0.717, 1.165) is 23.3 Å². The molecule has 0 spiro atoms. The van der Waals surface area contributed by atoms with Crippen LogP contribution in [0.5, 0.6) is 0 Å². The van der Waals surface area contributed by atoms with Crippen LogP contribution in [0.25, 0.3) is 11.0 Å². The van der Waals surface area contributed by atoms with Crippen LogP contribution in [-0.2, 0) is 20.0 Å². The minimum Gasteiger partial charge on any atom is -0.417 e. The van der Waals surface area contributed by atoms with Crippen molar-refractivity contribution >= 4 is 16.9 Å². The topological polar surface area (TPSA) is 77.1 Å². The molecule has 0 bridgehead atoms. The molecule has 2 aromatic heterocycles. The molecule has 1 amide bonds. The normalized spacial score (nSPS) is 11.1. The van der Waals surface area contributed by atoms with E-state index in [-0.39, 0.29) is 11.8 Å². The zero-order valence-electron chi connectivity index (χ0n) is 13.5. The third-order valence-electron chi connectivity index (χ3n) is 3.72. The van der Waals surface area contributed by atoms with Crippen LogP contribution in [0.4, 0.5) is 0 Å². The summed E-state index contributed by atoms with van der Waals surface area (Å²) in [5.41, 5.74) is 1.94. The Labute approximate surface area is 133 Å². The number of imidazole rings is 1. The Hall–Kier alpha value is -2.70. The minimum atomic E-state index is -0.299. The van der Waals surface area contributed by atoms with Gasteiger partial charge in [-0.25, -0.2) is 4.98 Å². The lowest BCUT2D eigenvalue weighted by Crippen LogP contribution is -2.27. The van der Waals surface area contributed by atoms with Gasteiger partial charge in [-0.3, -0.25) is 4.79 Å². The summed E-state index contributed by atoms with van der Waals surface area (Å²) in [6.45, 7) is 2.39. The summed E-state index contributed by atoms with van der Waals surface area (Å²) in [5.74, 6) is 1.02. The molecule has 0 radical (unpaired) electrons. The highest BCUT2D eigenvalue weighted by Crippen LogP contribution is 2.16. The number of carbonyl (C=O) groups excluding carboxylic acids is 1. The largest absolute Gasteiger partial charge is 0.417 e. The molecule has 0 saturated carbocycles. The van der Waals surface area contributed by atoms with Crippen LogP contribution < -0.4 is 0 Å². The van der Waals surface area contributed by atoms with Gasteiger partial charge in [-0.05, 0) is 18.6 Å². The van der Waals surface area contributed by atoms with Gasteiger partial charge in [0.1, 0.15) is 5.82 Å².